The maximum Gasteiger partial charge on any atom is 0.0221 e. The second-order valence-corrected chi connectivity index (χ2v) is 6.27. The second-order valence-electron chi connectivity index (χ2n) is 6.27. The van der Waals surface area contributed by atoms with Crippen molar-refractivity contribution < 1.29 is 0 Å². The summed E-state index contributed by atoms with van der Waals surface area (Å²) in [6.45, 7) is 10.9. The van der Waals surface area contributed by atoms with E-state index in [0.717, 1.165) is 12.1 Å². The normalized spacial score (nSPS) is 34.7. The van der Waals surface area contributed by atoms with Gasteiger partial charge in [0.1, 0.15) is 0 Å². The third-order valence-electron chi connectivity index (χ3n) is 4.76. The van der Waals surface area contributed by atoms with Crippen LogP contribution in [0, 0.1) is 5.41 Å². The molecule has 1 aliphatic heterocycles. The van der Waals surface area contributed by atoms with Gasteiger partial charge in [0.2, 0.25) is 0 Å². The number of likely N-dealkylation sites (tertiary alicyclic amines) is 1. The molecule has 2 aliphatic rings. The number of nitrogens with zero attached hydrogens (tertiary/aromatic N) is 1. The molecule has 1 heterocycles. The first-order valence-corrected chi connectivity index (χ1v) is 7.11. The van der Waals surface area contributed by atoms with E-state index in [1.54, 1.807) is 0 Å². The van der Waals surface area contributed by atoms with E-state index >= 15 is 0 Å². The van der Waals surface area contributed by atoms with Crippen molar-refractivity contribution in [3.8, 4) is 0 Å². The van der Waals surface area contributed by atoms with Gasteiger partial charge < -0.3 is 5.32 Å². The first kappa shape index (κ1) is 12.4. The van der Waals surface area contributed by atoms with Crippen molar-refractivity contribution >= 4 is 0 Å². The molecule has 1 saturated heterocycles. The van der Waals surface area contributed by atoms with E-state index in [-0.39, 0.29) is 0 Å². The molecule has 2 unspecified atom stereocenters. The van der Waals surface area contributed by atoms with Crippen LogP contribution < -0.4 is 5.32 Å². The van der Waals surface area contributed by atoms with Crippen LogP contribution in [0.15, 0.2) is 0 Å². The molecule has 1 N–H and O–H groups in total. The zero-order valence-corrected chi connectivity index (χ0v) is 11.3. The van der Waals surface area contributed by atoms with E-state index < -0.39 is 0 Å². The Kier molecular flexibility index (Phi) is 3.91. The molecule has 2 rings (SSSR count). The summed E-state index contributed by atoms with van der Waals surface area (Å²) in [5.41, 5.74) is 0.523. The Hall–Kier alpha value is -0.0800. The molecule has 16 heavy (non-hydrogen) atoms. The highest BCUT2D eigenvalue weighted by Crippen LogP contribution is 2.37. The molecule has 1 saturated carbocycles. The van der Waals surface area contributed by atoms with E-state index in [0.29, 0.717) is 5.41 Å². The molecule has 2 nitrogen and oxygen atoms in total. The van der Waals surface area contributed by atoms with Crippen molar-refractivity contribution in [1.82, 2.24) is 10.2 Å². The van der Waals surface area contributed by atoms with Crippen LogP contribution in [-0.2, 0) is 0 Å². The number of nitrogens with one attached hydrogen (secondary N) is 1. The topological polar surface area (TPSA) is 15.3 Å². The van der Waals surface area contributed by atoms with Gasteiger partial charge in [-0.2, -0.15) is 0 Å². The zero-order chi connectivity index (χ0) is 11.6. The van der Waals surface area contributed by atoms with E-state index in [2.05, 4.69) is 31.0 Å². The van der Waals surface area contributed by atoms with Crippen LogP contribution >= 0.6 is 0 Å². The number of rotatable bonds is 4. The van der Waals surface area contributed by atoms with Crippen molar-refractivity contribution in [2.24, 2.45) is 5.41 Å². The van der Waals surface area contributed by atoms with Crippen molar-refractivity contribution in [2.45, 2.75) is 65.0 Å². The zero-order valence-electron chi connectivity index (χ0n) is 11.3. The minimum absolute atomic E-state index is 0.523. The van der Waals surface area contributed by atoms with Crippen LogP contribution in [0.4, 0.5) is 0 Å². The predicted molar refractivity (Wildman–Crippen MR) is 69.7 cm³/mol. The summed E-state index contributed by atoms with van der Waals surface area (Å²) in [6, 6.07) is 1.56. The van der Waals surface area contributed by atoms with Crippen molar-refractivity contribution in [1.29, 1.82) is 0 Å². The summed E-state index contributed by atoms with van der Waals surface area (Å²) in [4.78, 5) is 2.63. The first-order chi connectivity index (χ1) is 7.63. The third-order valence-corrected chi connectivity index (χ3v) is 4.76. The van der Waals surface area contributed by atoms with Gasteiger partial charge in [-0.1, -0.05) is 27.2 Å². The largest absolute Gasteiger partial charge is 0.312 e. The van der Waals surface area contributed by atoms with Gasteiger partial charge in [-0.15, -0.1) is 0 Å². The van der Waals surface area contributed by atoms with Gasteiger partial charge in [-0.25, -0.2) is 0 Å². The van der Waals surface area contributed by atoms with Gasteiger partial charge in [0.15, 0.2) is 0 Å². The highest BCUT2D eigenvalue weighted by Gasteiger charge is 2.34. The van der Waals surface area contributed by atoms with Crippen LogP contribution in [0.5, 0.6) is 0 Å². The fraction of sp³-hybridized carbons (Fsp3) is 1.00. The molecular formula is C14H28N2. The highest BCUT2D eigenvalue weighted by molar-refractivity contribution is 4.92. The summed E-state index contributed by atoms with van der Waals surface area (Å²) in [5.74, 6) is 0. The van der Waals surface area contributed by atoms with Gasteiger partial charge in [-0.3, -0.25) is 4.90 Å². The molecule has 2 atom stereocenters. The molecule has 2 heteroatoms. The quantitative estimate of drug-likeness (QED) is 0.790. The molecule has 0 amide bonds. The van der Waals surface area contributed by atoms with Crippen LogP contribution in [0.25, 0.3) is 0 Å². The molecule has 0 aromatic heterocycles. The molecule has 0 aromatic rings. The molecular weight excluding hydrogens is 196 g/mol. The van der Waals surface area contributed by atoms with Crippen LogP contribution in [0.3, 0.4) is 0 Å². The Morgan fingerprint density at radius 2 is 2.06 bits per heavy atom. The first-order valence-electron chi connectivity index (χ1n) is 7.11. The average molecular weight is 224 g/mol. The SMILES string of the molecule is CCN1CCCC1CNC1CCCC1(C)C. The van der Waals surface area contributed by atoms with Crippen molar-refractivity contribution in [3.63, 3.8) is 0 Å². The minimum Gasteiger partial charge on any atom is -0.312 e. The lowest BCUT2D eigenvalue weighted by Crippen LogP contribution is -2.45. The highest BCUT2D eigenvalue weighted by atomic mass is 15.2. The van der Waals surface area contributed by atoms with Crippen LogP contribution in [0.2, 0.25) is 0 Å². The molecule has 0 radical (unpaired) electrons. The maximum absolute atomic E-state index is 3.84. The summed E-state index contributed by atoms with van der Waals surface area (Å²) < 4.78 is 0. The maximum atomic E-state index is 3.84. The van der Waals surface area contributed by atoms with E-state index in [1.165, 1.54) is 51.7 Å². The average Bonchev–Trinajstić information content (AvgIpc) is 2.81. The molecule has 0 bridgehead atoms. The van der Waals surface area contributed by atoms with Crippen molar-refractivity contribution in [3.05, 3.63) is 0 Å². The van der Waals surface area contributed by atoms with Gasteiger partial charge in [0.05, 0.1) is 0 Å². The standard InChI is InChI=1S/C14H28N2/c1-4-16-10-6-7-12(16)11-15-13-8-5-9-14(13,2)3/h12-13,15H,4-11H2,1-3H3. The molecule has 94 valence electrons. The molecule has 0 aromatic carbocycles. The van der Waals surface area contributed by atoms with Gasteiger partial charge in [0.25, 0.3) is 0 Å². The molecule has 2 fully saturated rings. The lowest BCUT2D eigenvalue weighted by molar-refractivity contribution is 0.225. The summed E-state index contributed by atoms with van der Waals surface area (Å²) in [6.07, 6.45) is 6.98. The van der Waals surface area contributed by atoms with Gasteiger partial charge in [0, 0.05) is 18.6 Å². The lowest BCUT2D eigenvalue weighted by atomic mass is 9.87. The Morgan fingerprint density at radius 1 is 1.25 bits per heavy atom. The second kappa shape index (κ2) is 5.05. The monoisotopic (exact) mass is 224 g/mol. The Morgan fingerprint density at radius 3 is 2.69 bits per heavy atom. The molecule has 0 spiro atoms. The fourth-order valence-corrected chi connectivity index (χ4v) is 3.53. The summed E-state index contributed by atoms with van der Waals surface area (Å²) >= 11 is 0. The van der Waals surface area contributed by atoms with E-state index in [1.807, 2.05) is 0 Å². The number of hydrogen-bond acceptors (Lipinski definition) is 2. The third kappa shape index (κ3) is 2.60. The van der Waals surface area contributed by atoms with Crippen molar-refractivity contribution in [2.75, 3.05) is 19.6 Å². The van der Waals surface area contributed by atoms with E-state index in [9.17, 15) is 0 Å². The summed E-state index contributed by atoms with van der Waals surface area (Å²) in [7, 11) is 0. The Balaban J connectivity index is 1.78. The Bertz CT molecular complexity index is 225. The van der Waals surface area contributed by atoms with Crippen LogP contribution in [0.1, 0.15) is 52.9 Å². The smallest absolute Gasteiger partial charge is 0.0221 e. The fourth-order valence-electron chi connectivity index (χ4n) is 3.53. The molecule has 1 aliphatic carbocycles. The van der Waals surface area contributed by atoms with E-state index in [4.69, 9.17) is 0 Å². The Labute approximate surface area is 101 Å². The number of hydrogen-bond donors (Lipinski definition) is 1. The minimum atomic E-state index is 0.523. The predicted octanol–water partition coefficient (Wildman–Crippen LogP) is 2.64. The van der Waals surface area contributed by atoms with Gasteiger partial charge in [-0.05, 0) is 44.2 Å². The number of likely N-dealkylation sites (N-methyl/N-ethyl adjacent to an activating group) is 1. The summed E-state index contributed by atoms with van der Waals surface area (Å²) in [5, 5.41) is 3.84. The van der Waals surface area contributed by atoms with Crippen LogP contribution in [-0.4, -0.2) is 36.6 Å². The van der Waals surface area contributed by atoms with Gasteiger partial charge >= 0.3 is 0 Å². The lowest BCUT2D eigenvalue weighted by Gasteiger charge is -2.31.